The van der Waals surface area contributed by atoms with Crippen LogP contribution in [-0.2, 0) is 0 Å². The molecule has 166 valence electrons. The summed E-state index contributed by atoms with van der Waals surface area (Å²) in [5, 5.41) is 5.74. The van der Waals surface area contributed by atoms with E-state index in [1.54, 1.807) is 13.0 Å². The molecule has 1 aliphatic heterocycles. The molecule has 6 nitrogen and oxygen atoms in total. The highest BCUT2D eigenvalue weighted by atomic mass is 19.2. The third kappa shape index (κ3) is 5.83. The number of guanidine groups is 1. The Morgan fingerprint density at radius 1 is 1.13 bits per heavy atom. The number of aryl methyl sites for hydroxylation is 1. The summed E-state index contributed by atoms with van der Waals surface area (Å²) in [7, 11) is 0. The molecule has 1 heterocycles. The second-order valence-corrected chi connectivity index (χ2v) is 7.62. The normalized spacial score (nSPS) is 19.9. The van der Waals surface area contributed by atoms with Gasteiger partial charge in [-0.05, 0) is 55.7 Å². The van der Waals surface area contributed by atoms with Crippen LogP contribution in [0.4, 0.5) is 13.2 Å². The van der Waals surface area contributed by atoms with E-state index in [1.165, 1.54) is 12.1 Å². The Morgan fingerprint density at radius 3 is 2.58 bits per heavy atom. The summed E-state index contributed by atoms with van der Waals surface area (Å²) in [6.45, 7) is 5.61. The fourth-order valence-corrected chi connectivity index (χ4v) is 3.08. The van der Waals surface area contributed by atoms with Crippen LogP contribution >= 0.6 is 0 Å². The van der Waals surface area contributed by atoms with Gasteiger partial charge in [0.05, 0.1) is 0 Å². The highest BCUT2D eigenvalue weighted by molar-refractivity contribution is 6.05. The van der Waals surface area contributed by atoms with Gasteiger partial charge in [-0.25, -0.2) is 29.0 Å². The monoisotopic (exact) mass is 433 g/mol. The van der Waals surface area contributed by atoms with Crippen LogP contribution in [0.15, 0.2) is 41.4 Å². The molecule has 0 aromatic heterocycles. The van der Waals surface area contributed by atoms with Gasteiger partial charge in [0.25, 0.3) is 5.91 Å². The van der Waals surface area contributed by atoms with Gasteiger partial charge in [0.15, 0.2) is 17.6 Å². The summed E-state index contributed by atoms with van der Waals surface area (Å²) < 4.78 is 40.5. The Morgan fingerprint density at radius 2 is 1.90 bits per heavy atom. The van der Waals surface area contributed by atoms with Gasteiger partial charge in [-0.1, -0.05) is 19.1 Å². The first-order valence-electron chi connectivity index (χ1n) is 10.1. The predicted octanol–water partition coefficient (Wildman–Crippen LogP) is 3.45. The lowest BCUT2D eigenvalue weighted by molar-refractivity contribution is 0.0975. The van der Waals surface area contributed by atoms with E-state index >= 15 is 0 Å². The fourth-order valence-electron chi connectivity index (χ4n) is 3.08. The molecule has 31 heavy (non-hydrogen) atoms. The Kier molecular flexibility index (Phi) is 7.29. The summed E-state index contributed by atoms with van der Waals surface area (Å²) in [5.41, 5.74) is 7.45. The average Bonchev–Trinajstić information content (AvgIpc) is 3.20. The van der Waals surface area contributed by atoms with Gasteiger partial charge >= 0.3 is 0 Å². The van der Waals surface area contributed by atoms with Crippen LogP contribution < -0.4 is 21.5 Å². The number of hydrogen-bond acceptors (Lipinski definition) is 4. The minimum atomic E-state index is -1.10. The molecule has 1 fully saturated rings. The van der Waals surface area contributed by atoms with E-state index < -0.39 is 23.7 Å². The van der Waals surface area contributed by atoms with Gasteiger partial charge in [0, 0.05) is 24.1 Å². The summed E-state index contributed by atoms with van der Waals surface area (Å²) in [4.78, 5) is 17.0. The molecule has 0 bridgehead atoms. The van der Waals surface area contributed by atoms with Gasteiger partial charge in [-0.2, -0.15) is 0 Å². The average molecular weight is 433 g/mol. The number of nitrogens with zero attached hydrogens (tertiary/aromatic N) is 1. The molecule has 9 heteroatoms. The number of hydrazine groups is 1. The van der Waals surface area contributed by atoms with Crippen molar-refractivity contribution in [2.75, 3.05) is 0 Å². The first kappa shape index (κ1) is 22.8. The molecule has 2 aromatic carbocycles. The van der Waals surface area contributed by atoms with Crippen LogP contribution in [0, 0.1) is 24.4 Å². The van der Waals surface area contributed by atoms with Crippen molar-refractivity contribution in [3.63, 3.8) is 0 Å². The zero-order chi connectivity index (χ0) is 22.5. The van der Waals surface area contributed by atoms with Crippen LogP contribution in [0.3, 0.4) is 0 Å². The Hall–Kier alpha value is -2.91. The van der Waals surface area contributed by atoms with Crippen molar-refractivity contribution in [2.45, 2.75) is 51.9 Å². The minimum Gasteiger partial charge on any atom is -0.354 e. The van der Waals surface area contributed by atoms with Crippen LogP contribution in [-0.4, -0.2) is 24.1 Å². The Balaban J connectivity index is 1.74. The van der Waals surface area contributed by atoms with Gasteiger partial charge in [0.1, 0.15) is 12.0 Å². The van der Waals surface area contributed by atoms with E-state index in [0.717, 1.165) is 24.1 Å². The maximum Gasteiger partial charge on any atom is 0.258 e. The number of rotatable bonds is 5. The fraction of sp³-hybridized carbons (Fsp3) is 0.364. The van der Waals surface area contributed by atoms with Crippen molar-refractivity contribution >= 4 is 11.9 Å². The molecule has 0 radical (unpaired) electrons. The molecule has 1 amide bonds. The molecule has 1 saturated heterocycles. The van der Waals surface area contributed by atoms with Gasteiger partial charge in [-0.3, -0.25) is 10.1 Å². The van der Waals surface area contributed by atoms with Crippen molar-refractivity contribution in [3.05, 3.63) is 70.5 Å². The van der Waals surface area contributed by atoms with Crippen molar-refractivity contribution in [2.24, 2.45) is 4.99 Å². The quantitative estimate of drug-likeness (QED) is 0.430. The van der Waals surface area contributed by atoms with Gasteiger partial charge < -0.3 is 5.32 Å². The van der Waals surface area contributed by atoms with Crippen molar-refractivity contribution in [3.8, 4) is 0 Å². The van der Waals surface area contributed by atoms with Gasteiger partial charge in [-0.15, -0.1) is 0 Å². The lowest BCUT2D eigenvalue weighted by Gasteiger charge is -2.18. The van der Waals surface area contributed by atoms with E-state index in [1.807, 2.05) is 19.9 Å². The number of hydrogen-bond donors (Lipinski definition) is 4. The Bertz CT molecular complexity index is 982. The molecular weight excluding hydrogens is 407 g/mol. The summed E-state index contributed by atoms with van der Waals surface area (Å²) in [6.07, 6.45) is 0.905. The predicted molar refractivity (Wildman–Crippen MR) is 113 cm³/mol. The molecule has 0 saturated carbocycles. The lowest BCUT2D eigenvalue weighted by atomic mass is 10.0. The molecule has 3 unspecified atom stereocenters. The Labute approximate surface area is 179 Å². The molecule has 1 aliphatic rings. The van der Waals surface area contributed by atoms with Crippen LogP contribution in [0.2, 0.25) is 0 Å². The number of benzene rings is 2. The standard InChI is InChI=1S/C22H26F3N5O/c1-4-13(3)26-22(28-21(31)15-7-8-16(23)18(25)10-15)27-20-11-19(29-30-20)14-6-5-12(2)17(24)9-14/h5-10,13,19-20,29-30H,4,11H2,1-3H3,(H2,26,27,28,31). The number of carbonyl (C=O) groups excluding carboxylic acids is 1. The lowest BCUT2D eigenvalue weighted by Crippen LogP contribution is -2.46. The van der Waals surface area contributed by atoms with E-state index in [2.05, 4.69) is 26.5 Å². The molecule has 3 rings (SSSR count). The molecule has 0 spiro atoms. The number of aliphatic imine (C=N–C) groups is 1. The van der Waals surface area contributed by atoms with E-state index in [9.17, 15) is 18.0 Å². The summed E-state index contributed by atoms with van der Waals surface area (Å²) >= 11 is 0. The van der Waals surface area contributed by atoms with Crippen LogP contribution in [0.5, 0.6) is 0 Å². The summed E-state index contributed by atoms with van der Waals surface area (Å²) in [5.74, 6) is -2.81. The number of amides is 1. The van der Waals surface area contributed by atoms with Gasteiger partial charge in [0.2, 0.25) is 0 Å². The second kappa shape index (κ2) is 9.93. The maximum atomic E-state index is 13.9. The largest absolute Gasteiger partial charge is 0.354 e. The second-order valence-electron chi connectivity index (χ2n) is 7.62. The first-order chi connectivity index (χ1) is 14.8. The van der Waals surface area contributed by atoms with E-state index in [4.69, 9.17) is 0 Å². The molecule has 0 aliphatic carbocycles. The van der Waals surface area contributed by atoms with E-state index in [-0.39, 0.29) is 29.4 Å². The minimum absolute atomic E-state index is 0.0142. The third-order valence-electron chi connectivity index (χ3n) is 5.18. The number of carbonyl (C=O) groups is 1. The third-order valence-corrected chi connectivity index (χ3v) is 5.18. The maximum absolute atomic E-state index is 13.9. The molecule has 3 atom stereocenters. The van der Waals surface area contributed by atoms with Crippen molar-refractivity contribution in [1.82, 2.24) is 21.5 Å². The number of halogens is 3. The topological polar surface area (TPSA) is 77.6 Å². The van der Waals surface area contributed by atoms with Crippen molar-refractivity contribution < 1.29 is 18.0 Å². The van der Waals surface area contributed by atoms with E-state index in [0.29, 0.717) is 12.0 Å². The van der Waals surface area contributed by atoms with Crippen molar-refractivity contribution in [1.29, 1.82) is 0 Å². The zero-order valence-corrected chi connectivity index (χ0v) is 17.6. The highest BCUT2D eigenvalue weighted by Crippen LogP contribution is 2.24. The smallest absolute Gasteiger partial charge is 0.258 e. The van der Waals surface area contributed by atoms with Crippen LogP contribution in [0.1, 0.15) is 54.2 Å². The first-order valence-corrected chi connectivity index (χ1v) is 10.1. The zero-order valence-electron chi connectivity index (χ0n) is 17.6. The summed E-state index contributed by atoms with van der Waals surface area (Å²) in [6, 6.07) is 7.86. The number of nitrogens with one attached hydrogen (secondary N) is 4. The van der Waals surface area contributed by atoms with Crippen LogP contribution in [0.25, 0.3) is 0 Å². The molecule has 2 aromatic rings. The molecule has 4 N–H and O–H groups in total. The highest BCUT2D eigenvalue weighted by Gasteiger charge is 2.26. The SMILES string of the molecule is CCC(C)NC(=NC1CC(c2ccc(C)c(F)c2)NN1)NC(=O)c1ccc(F)c(F)c1. The molecular formula is C22H26F3N5O.